The van der Waals surface area contributed by atoms with Crippen LogP contribution in [0.4, 0.5) is 5.69 Å². The lowest BCUT2D eigenvalue weighted by Gasteiger charge is -2.19. The molecule has 0 spiro atoms. The molecular formula is C18H15ClN2O4. The normalized spacial score (nSPS) is 9.76. The number of halogens is 1. The zero-order chi connectivity index (χ0) is 18.1. The third-order valence-corrected chi connectivity index (χ3v) is 3.45. The molecule has 0 N–H and O–H groups in total. The first kappa shape index (κ1) is 18.3. The van der Waals surface area contributed by atoms with E-state index in [0.29, 0.717) is 16.5 Å². The van der Waals surface area contributed by atoms with Crippen LogP contribution in [0, 0.1) is 11.3 Å². The average Bonchev–Trinajstić information content (AvgIpc) is 2.64. The van der Waals surface area contributed by atoms with E-state index in [-0.39, 0.29) is 13.2 Å². The number of hydrogen-bond acceptors (Lipinski definition) is 5. The molecule has 0 unspecified atom stereocenters. The second-order valence-corrected chi connectivity index (χ2v) is 5.26. The summed E-state index contributed by atoms with van der Waals surface area (Å²) in [7, 11) is 0. The summed E-state index contributed by atoms with van der Waals surface area (Å²) in [6, 6.07) is 17.3. The number of anilines is 1. The van der Waals surface area contributed by atoms with Crippen molar-refractivity contribution in [3.8, 4) is 11.8 Å². The van der Waals surface area contributed by atoms with Crippen molar-refractivity contribution >= 4 is 29.2 Å². The Bertz CT molecular complexity index is 774. The second-order valence-electron chi connectivity index (χ2n) is 4.85. The highest BCUT2D eigenvalue weighted by Gasteiger charge is 2.17. The second kappa shape index (κ2) is 9.30. The Balaban J connectivity index is 1.86. The van der Waals surface area contributed by atoms with Gasteiger partial charge in [-0.2, -0.15) is 5.26 Å². The predicted octanol–water partition coefficient (Wildman–Crippen LogP) is 2.82. The maximum absolute atomic E-state index is 12.2. The number of hydrogen-bond donors (Lipinski definition) is 0. The maximum atomic E-state index is 12.2. The van der Waals surface area contributed by atoms with Gasteiger partial charge in [0.15, 0.2) is 13.2 Å². The van der Waals surface area contributed by atoms with Gasteiger partial charge in [0.05, 0.1) is 11.1 Å². The summed E-state index contributed by atoms with van der Waals surface area (Å²) in [4.78, 5) is 25.2. The average molecular weight is 359 g/mol. The topological polar surface area (TPSA) is 79.6 Å². The monoisotopic (exact) mass is 358 g/mol. The van der Waals surface area contributed by atoms with Crippen LogP contribution in [-0.4, -0.2) is 31.6 Å². The highest BCUT2D eigenvalue weighted by Crippen LogP contribution is 2.22. The molecule has 2 rings (SSSR count). The van der Waals surface area contributed by atoms with E-state index in [1.54, 1.807) is 54.6 Å². The Morgan fingerprint density at radius 3 is 2.40 bits per heavy atom. The predicted molar refractivity (Wildman–Crippen MR) is 92.3 cm³/mol. The molecule has 1 amide bonds. The van der Waals surface area contributed by atoms with Gasteiger partial charge in [-0.25, -0.2) is 4.79 Å². The van der Waals surface area contributed by atoms with E-state index in [2.05, 4.69) is 0 Å². The van der Waals surface area contributed by atoms with Crippen molar-refractivity contribution in [2.75, 3.05) is 24.7 Å². The zero-order valence-corrected chi connectivity index (χ0v) is 14.0. The maximum Gasteiger partial charge on any atom is 0.344 e. The molecule has 7 heteroatoms. The number of benzene rings is 2. The molecule has 6 nitrogen and oxygen atoms in total. The third-order valence-electron chi connectivity index (χ3n) is 3.14. The zero-order valence-electron chi connectivity index (χ0n) is 13.2. The van der Waals surface area contributed by atoms with Gasteiger partial charge in [0.2, 0.25) is 0 Å². The molecule has 0 aliphatic heterocycles. The van der Waals surface area contributed by atoms with E-state index in [1.807, 2.05) is 6.07 Å². The number of nitrogens with zero attached hydrogens (tertiary/aromatic N) is 2. The van der Waals surface area contributed by atoms with Gasteiger partial charge in [0.1, 0.15) is 12.3 Å². The van der Waals surface area contributed by atoms with E-state index in [9.17, 15) is 9.59 Å². The Labute approximate surface area is 150 Å². The minimum atomic E-state index is -0.710. The first-order valence-corrected chi connectivity index (χ1v) is 7.75. The number of para-hydroxylation sites is 2. The van der Waals surface area contributed by atoms with Crippen LogP contribution in [-0.2, 0) is 14.3 Å². The van der Waals surface area contributed by atoms with Crippen molar-refractivity contribution in [1.29, 1.82) is 5.26 Å². The number of ether oxygens (including phenoxy) is 2. The lowest BCUT2D eigenvalue weighted by molar-refractivity contribution is -0.149. The summed E-state index contributed by atoms with van der Waals surface area (Å²) in [5.41, 5.74) is 0.553. The van der Waals surface area contributed by atoms with E-state index in [0.717, 1.165) is 0 Å². The van der Waals surface area contributed by atoms with E-state index < -0.39 is 18.5 Å². The van der Waals surface area contributed by atoms with Crippen LogP contribution in [0.5, 0.6) is 5.75 Å². The van der Waals surface area contributed by atoms with Gasteiger partial charge in [-0.3, -0.25) is 9.69 Å². The van der Waals surface area contributed by atoms with Crippen molar-refractivity contribution in [1.82, 2.24) is 0 Å². The van der Waals surface area contributed by atoms with Crippen LogP contribution in [0.25, 0.3) is 0 Å². The van der Waals surface area contributed by atoms with Crippen LogP contribution in [0.3, 0.4) is 0 Å². The van der Waals surface area contributed by atoms with Crippen molar-refractivity contribution in [3.05, 3.63) is 59.6 Å². The summed E-state index contributed by atoms with van der Waals surface area (Å²) in [5.74, 6) is -0.861. The standard InChI is InChI=1S/C18H15ClN2O4/c19-15-8-4-5-9-16(15)24-13-18(23)25-12-17(22)21(11-10-20)14-6-2-1-3-7-14/h1-9H,11-13H2. The molecular weight excluding hydrogens is 344 g/mol. The van der Waals surface area contributed by atoms with E-state index in [4.69, 9.17) is 26.3 Å². The molecule has 0 aliphatic rings. The summed E-state index contributed by atoms with van der Waals surface area (Å²) < 4.78 is 10.1. The van der Waals surface area contributed by atoms with E-state index >= 15 is 0 Å². The Hall–Kier alpha value is -3.04. The van der Waals surface area contributed by atoms with Crippen LogP contribution >= 0.6 is 11.6 Å². The van der Waals surface area contributed by atoms with Crippen molar-refractivity contribution in [2.24, 2.45) is 0 Å². The van der Waals surface area contributed by atoms with Crippen molar-refractivity contribution in [2.45, 2.75) is 0 Å². The summed E-state index contributed by atoms with van der Waals surface area (Å²) in [5, 5.41) is 9.25. The number of amides is 1. The number of carbonyl (C=O) groups is 2. The van der Waals surface area contributed by atoms with Crippen LogP contribution in [0.2, 0.25) is 5.02 Å². The number of carbonyl (C=O) groups excluding carboxylic acids is 2. The highest BCUT2D eigenvalue weighted by atomic mass is 35.5. The Morgan fingerprint density at radius 2 is 1.72 bits per heavy atom. The molecule has 0 bridgehead atoms. The molecule has 0 saturated carbocycles. The molecule has 0 aliphatic carbocycles. The Kier molecular flexibility index (Phi) is 6.81. The third kappa shape index (κ3) is 5.52. The Morgan fingerprint density at radius 1 is 1.04 bits per heavy atom. The van der Waals surface area contributed by atoms with Crippen LogP contribution in [0.15, 0.2) is 54.6 Å². The molecule has 0 saturated heterocycles. The summed E-state index contributed by atoms with van der Waals surface area (Å²) in [6.45, 7) is -1.00. The van der Waals surface area contributed by atoms with Gasteiger partial charge in [0.25, 0.3) is 5.91 Å². The van der Waals surface area contributed by atoms with Crippen LogP contribution in [0.1, 0.15) is 0 Å². The SMILES string of the molecule is N#CCN(C(=O)COC(=O)COc1ccccc1Cl)c1ccccc1. The van der Waals surface area contributed by atoms with Gasteiger partial charge in [0, 0.05) is 5.69 Å². The molecule has 2 aromatic carbocycles. The smallest absolute Gasteiger partial charge is 0.344 e. The fourth-order valence-corrected chi connectivity index (χ4v) is 2.15. The van der Waals surface area contributed by atoms with Gasteiger partial charge in [-0.1, -0.05) is 41.9 Å². The number of rotatable bonds is 7. The molecule has 0 aromatic heterocycles. The molecule has 25 heavy (non-hydrogen) atoms. The van der Waals surface area contributed by atoms with E-state index in [1.165, 1.54) is 4.90 Å². The quantitative estimate of drug-likeness (QED) is 0.561. The summed E-state index contributed by atoms with van der Waals surface area (Å²) >= 11 is 5.91. The molecule has 0 radical (unpaired) electrons. The van der Waals surface area contributed by atoms with Crippen LogP contribution < -0.4 is 9.64 Å². The van der Waals surface area contributed by atoms with Crippen molar-refractivity contribution in [3.63, 3.8) is 0 Å². The fraction of sp³-hybridized carbons (Fsp3) is 0.167. The molecule has 2 aromatic rings. The lowest BCUT2D eigenvalue weighted by Crippen LogP contribution is -2.35. The van der Waals surface area contributed by atoms with Gasteiger partial charge in [-0.05, 0) is 24.3 Å². The number of nitriles is 1. The molecule has 0 atom stereocenters. The largest absolute Gasteiger partial charge is 0.480 e. The lowest BCUT2D eigenvalue weighted by atomic mass is 10.3. The molecule has 128 valence electrons. The van der Waals surface area contributed by atoms with Gasteiger partial charge in [-0.15, -0.1) is 0 Å². The molecule has 0 fully saturated rings. The minimum Gasteiger partial charge on any atom is -0.480 e. The molecule has 0 heterocycles. The minimum absolute atomic E-state index is 0.142. The van der Waals surface area contributed by atoms with Crippen molar-refractivity contribution < 1.29 is 19.1 Å². The summed E-state index contributed by atoms with van der Waals surface area (Å²) in [6.07, 6.45) is 0. The van der Waals surface area contributed by atoms with Gasteiger partial charge < -0.3 is 9.47 Å². The number of esters is 1. The first-order chi connectivity index (χ1) is 12.1. The first-order valence-electron chi connectivity index (χ1n) is 7.37. The highest BCUT2D eigenvalue weighted by molar-refractivity contribution is 6.32. The van der Waals surface area contributed by atoms with Gasteiger partial charge >= 0.3 is 5.97 Å². The fourth-order valence-electron chi connectivity index (χ4n) is 1.96.